The van der Waals surface area contributed by atoms with Crippen molar-refractivity contribution in [2.45, 2.75) is 18.4 Å². The SMILES string of the molecule is CN1CCNCC1.NC1(C=O)CC1.O=C(Nc1cccc(Br)c1)c1cccc([N+](=O)[O-])c1. The van der Waals surface area contributed by atoms with Crippen LogP contribution in [0.4, 0.5) is 11.4 Å². The van der Waals surface area contributed by atoms with Gasteiger partial charge in [-0.3, -0.25) is 14.9 Å². The number of likely N-dealkylation sites (N-methyl/N-ethyl adjacent to an activating group) is 1. The van der Waals surface area contributed by atoms with Crippen LogP contribution in [-0.2, 0) is 4.79 Å². The minimum atomic E-state index is -0.532. The molecule has 1 aliphatic carbocycles. The second-order valence-electron chi connectivity index (χ2n) is 7.68. The van der Waals surface area contributed by atoms with Gasteiger partial charge in [-0.25, -0.2) is 0 Å². The second-order valence-corrected chi connectivity index (χ2v) is 8.59. The number of nitro groups is 1. The predicted octanol–water partition coefficient (Wildman–Crippen LogP) is 2.81. The first-order chi connectivity index (χ1) is 15.2. The highest BCUT2D eigenvalue weighted by Gasteiger charge is 2.37. The Labute approximate surface area is 195 Å². The second kappa shape index (κ2) is 12.4. The lowest BCUT2D eigenvalue weighted by Crippen LogP contribution is -2.40. The number of nitrogens with one attached hydrogen (secondary N) is 2. The van der Waals surface area contributed by atoms with E-state index in [1.165, 1.54) is 37.4 Å². The Hall–Kier alpha value is -2.66. The van der Waals surface area contributed by atoms with Gasteiger partial charge in [-0.2, -0.15) is 0 Å². The maximum atomic E-state index is 12.0. The van der Waals surface area contributed by atoms with Crippen LogP contribution in [0.15, 0.2) is 53.0 Å². The molecule has 1 heterocycles. The molecule has 1 aliphatic heterocycles. The fourth-order valence-corrected chi connectivity index (χ4v) is 2.97. The number of benzene rings is 2. The predicted molar refractivity (Wildman–Crippen MR) is 128 cm³/mol. The van der Waals surface area contributed by atoms with E-state index in [9.17, 15) is 19.7 Å². The van der Waals surface area contributed by atoms with E-state index in [1.54, 1.807) is 18.2 Å². The normalized spacial score (nSPS) is 16.3. The molecule has 1 saturated carbocycles. The average molecular weight is 506 g/mol. The molecule has 1 amide bonds. The summed E-state index contributed by atoms with van der Waals surface area (Å²) < 4.78 is 0.837. The van der Waals surface area contributed by atoms with Gasteiger partial charge < -0.3 is 26.1 Å². The maximum absolute atomic E-state index is 12.0. The molecular weight excluding hydrogens is 478 g/mol. The molecule has 2 aromatic carbocycles. The van der Waals surface area contributed by atoms with E-state index in [-0.39, 0.29) is 22.7 Å². The molecule has 0 atom stereocenters. The number of nitrogens with zero attached hydrogens (tertiary/aromatic N) is 2. The van der Waals surface area contributed by atoms with E-state index in [0.717, 1.165) is 36.7 Å². The highest BCUT2D eigenvalue weighted by atomic mass is 79.9. The Kier molecular flexibility index (Phi) is 9.92. The average Bonchev–Trinajstić information content (AvgIpc) is 3.53. The maximum Gasteiger partial charge on any atom is 0.270 e. The summed E-state index contributed by atoms with van der Waals surface area (Å²) in [5.41, 5.74) is 5.64. The van der Waals surface area contributed by atoms with Crippen LogP contribution in [0.3, 0.4) is 0 Å². The van der Waals surface area contributed by atoms with Crippen LogP contribution in [0.1, 0.15) is 23.2 Å². The standard InChI is InChI=1S/C13H9BrN2O3.C5H12N2.C4H7NO/c14-10-4-2-5-11(8-10)15-13(17)9-3-1-6-12(7-9)16(18)19;1-7-4-2-6-3-5-7;5-4(3-6)1-2-4/h1-8H,(H,15,17);6H,2-5H2,1H3;3H,1-2,5H2. The molecule has 0 aromatic heterocycles. The van der Waals surface area contributed by atoms with Gasteiger partial charge in [-0.05, 0) is 44.2 Å². The Morgan fingerprint density at radius 3 is 2.34 bits per heavy atom. The molecule has 1 saturated heterocycles. The lowest BCUT2D eigenvalue weighted by Gasteiger charge is -2.21. The number of hydrogen-bond donors (Lipinski definition) is 3. The smallest absolute Gasteiger partial charge is 0.270 e. The quantitative estimate of drug-likeness (QED) is 0.330. The Bertz CT molecular complexity index is 930. The zero-order chi connectivity index (χ0) is 23.6. The van der Waals surface area contributed by atoms with Gasteiger partial charge in [-0.15, -0.1) is 0 Å². The third-order valence-electron chi connectivity index (χ3n) is 4.80. The number of carbonyl (C=O) groups excluding carboxylic acids is 2. The van der Waals surface area contributed by atoms with E-state index >= 15 is 0 Å². The van der Waals surface area contributed by atoms with Crippen molar-refractivity contribution in [3.63, 3.8) is 0 Å². The Balaban J connectivity index is 0.000000225. The van der Waals surface area contributed by atoms with E-state index in [0.29, 0.717) is 5.69 Å². The van der Waals surface area contributed by atoms with Crippen molar-refractivity contribution in [2.24, 2.45) is 5.73 Å². The summed E-state index contributed by atoms with van der Waals surface area (Å²) in [5.74, 6) is -0.387. The van der Waals surface area contributed by atoms with Gasteiger partial charge in [0.05, 0.1) is 10.5 Å². The Morgan fingerprint density at radius 1 is 1.22 bits per heavy atom. The molecule has 172 valence electrons. The largest absolute Gasteiger partial charge is 0.322 e. The van der Waals surface area contributed by atoms with Crippen LogP contribution in [0.5, 0.6) is 0 Å². The zero-order valence-electron chi connectivity index (χ0n) is 17.9. The van der Waals surface area contributed by atoms with Crippen LogP contribution in [0, 0.1) is 10.1 Å². The van der Waals surface area contributed by atoms with Gasteiger partial charge in [0.2, 0.25) is 0 Å². The molecule has 9 nitrogen and oxygen atoms in total. The minimum absolute atomic E-state index is 0.109. The summed E-state index contributed by atoms with van der Waals surface area (Å²) in [4.78, 5) is 34.2. The van der Waals surface area contributed by atoms with Crippen LogP contribution in [0.25, 0.3) is 0 Å². The van der Waals surface area contributed by atoms with Gasteiger partial charge >= 0.3 is 0 Å². The molecule has 0 unspecified atom stereocenters. The first kappa shape index (κ1) is 25.6. The summed E-state index contributed by atoms with van der Waals surface area (Å²) in [6.45, 7) is 4.74. The van der Waals surface area contributed by atoms with Gasteiger partial charge in [0.25, 0.3) is 11.6 Å². The summed E-state index contributed by atoms with van der Waals surface area (Å²) in [6.07, 6.45) is 2.60. The molecule has 2 aromatic rings. The summed E-state index contributed by atoms with van der Waals surface area (Å²) in [7, 11) is 2.15. The van der Waals surface area contributed by atoms with E-state index in [4.69, 9.17) is 5.73 Å². The van der Waals surface area contributed by atoms with Crippen LogP contribution < -0.4 is 16.4 Å². The number of rotatable bonds is 4. The monoisotopic (exact) mass is 505 g/mol. The number of nitro benzene ring substituents is 1. The van der Waals surface area contributed by atoms with Crippen molar-refractivity contribution in [3.05, 3.63) is 68.7 Å². The topological polar surface area (TPSA) is 131 Å². The first-order valence-corrected chi connectivity index (χ1v) is 11.0. The molecule has 0 spiro atoms. The number of anilines is 1. The van der Waals surface area contributed by atoms with E-state index in [2.05, 4.69) is 38.5 Å². The molecule has 2 aliphatic rings. The molecular formula is C22H28BrN5O4. The molecule has 0 bridgehead atoms. The van der Waals surface area contributed by atoms with Gasteiger partial charge in [-0.1, -0.05) is 28.1 Å². The van der Waals surface area contributed by atoms with Crippen molar-refractivity contribution in [3.8, 4) is 0 Å². The molecule has 32 heavy (non-hydrogen) atoms. The molecule has 10 heteroatoms. The number of amides is 1. The van der Waals surface area contributed by atoms with Gasteiger partial charge in [0.15, 0.2) is 0 Å². The summed E-state index contributed by atoms with van der Waals surface area (Å²) in [6, 6.07) is 12.7. The van der Waals surface area contributed by atoms with Crippen molar-refractivity contribution in [1.82, 2.24) is 10.2 Å². The number of piperazine rings is 1. The third-order valence-corrected chi connectivity index (χ3v) is 5.30. The minimum Gasteiger partial charge on any atom is -0.322 e. The first-order valence-electron chi connectivity index (χ1n) is 10.2. The molecule has 0 radical (unpaired) electrons. The number of hydrogen-bond acceptors (Lipinski definition) is 7. The van der Waals surface area contributed by atoms with E-state index in [1.807, 2.05) is 6.07 Å². The summed E-state index contributed by atoms with van der Waals surface area (Å²) in [5, 5.41) is 16.6. The third kappa shape index (κ3) is 9.23. The highest BCUT2D eigenvalue weighted by Crippen LogP contribution is 2.28. The zero-order valence-corrected chi connectivity index (χ0v) is 19.5. The van der Waals surface area contributed by atoms with Crippen LogP contribution in [-0.4, -0.2) is 60.8 Å². The van der Waals surface area contributed by atoms with Crippen molar-refractivity contribution in [2.75, 3.05) is 38.5 Å². The number of halogens is 1. The van der Waals surface area contributed by atoms with Crippen LogP contribution >= 0.6 is 15.9 Å². The summed E-state index contributed by atoms with van der Waals surface area (Å²) >= 11 is 3.30. The van der Waals surface area contributed by atoms with Crippen molar-refractivity contribution < 1.29 is 14.5 Å². The number of aldehydes is 1. The fourth-order valence-electron chi connectivity index (χ4n) is 2.57. The number of non-ortho nitro benzene ring substituents is 1. The number of nitrogens with two attached hydrogens (primary N) is 1. The fraction of sp³-hybridized carbons (Fsp3) is 0.364. The van der Waals surface area contributed by atoms with Gasteiger partial charge in [0, 0.05) is 54.0 Å². The van der Waals surface area contributed by atoms with E-state index < -0.39 is 4.92 Å². The van der Waals surface area contributed by atoms with Crippen molar-refractivity contribution in [1.29, 1.82) is 0 Å². The van der Waals surface area contributed by atoms with Crippen molar-refractivity contribution >= 4 is 39.5 Å². The molecule has 4 N–H and O–H groups in total. The molecule has 2 fully saturated rings. The Morgan fingerprint density at radius 2 is 1.88 bits per heavy atom. The highest BCUT2D eigenvalue weighted by molar-refractivity contribution is 9.10. The lowest BCUT2D eigenvalue weighted by molar-refractivity contribution is -0.384. The van der Waals surface area contributed by atoms with Gasteiger partial charge in [0.1, 0.15) is 6.29 Å². The van der Waals surface area contributed by atoms with Crippen LogP contribution in [0.2, 0.25) is 0 Å². The molecule has 4 rings (SSSR count). The lowest BCUT2D eigenvalue weighted by atomic mass is 10.2. The number of carbonyl (C=O) groups is 2.